The quantitative estimate of drug-likeness (QED) is 0.634. The van der Waals surface area contributed by atoms with Crippen molar-refractivity contribution in [2.45, 2.75) is 19.9 Å². The third kappa shape index (κ3) is 2.92. The molecule has 0 amide bonds. The van der Waals surface area contributed by atoms with Crippen molar-refractivity contribution in [1.82, 2.24) is 0 Å². The summed E-state index contributed by atoms with van der Waals surface area (Å²) in [6.07, 6.45) is 0. The minimum atomic E-state index is -1.51. The Labute approximate surface area is 114 Å². The summed E-state index contributed by atoms with van der Waals surface area (Å²) in [5.74, 6) is -4.40. The molecule has 2 aromatic rings. The van der Waals surface area contributed by atoms with Crippen LogP contribution < -0.4 is 5.32 Å². The van der Waals surface area contributed by atoms with Crippen LogP contribution in [0.2, 0.25) is 0 Å². The van der Waals surface area contributed by atoms with Gasteiger partial charge >= 0.3 is 0 Å². The van der Waals surface area contributed by atoms with Gasteiger partial charge in [0.25, 0.3) is 0 Å². The molecule has 1 atom stereocenters. The minimum Gasteiger partial charge on any atom is -0.378 e. The van der Waals surface area contributed by atoms with Crippen molar-refractivity contribution < 1.29 is 17.6 Å². The second-order valence-electron chi connectivity index (χ2n) is 4.63. The van der Waals surface area contributed by atoms with Crippen molar-refractivity contribution in [1.29, 1.82) is 0 Å². The lowest BCUT2D eigenvalue weighted by atomic mass is 10.1. The number of benzene rings is 2. The fraction of sp³-hybridized carbons (Fsp3) is 0.200. The molecule has 5 heteroatoms. The molecule has 0 aliphatic heterocycles. The Morgan fingerprint density at radius 2 is 1.50 bits per heavy atom. The molecule has 0 aliphatic rings. The maximum atomic E-state index is 13.5. The van der Waals surface area contributed by atoms with E-state index in [0.717, 1.165) is 12.1 Å². The van der Waals surface area contributed by atoms with Crippen molar-refractivity contribution in [3.05, 3.63) is 64.7 Å². The molecule has 1 unspecified atom stereocenters. The van der Waals surface area contributed by atoms with Gasteiger partial charge in [0, 0.05) is 23.9 Å². The highest BCUT2D eigenvalue weighted by Crippen LogP contribution is 2.23. The highest BCUT2D eigenvalue weighted by atomic mass is 19.2. The number of hydrogen-bond acceptors (Lipinski definition) is 1. The van der Waals surface area contributed by atoms with E-state index >= 15 is 0 Å². The molecule has 2 aromatic carbocycles. The molecule has 0 bridgehead atoms. The van der Waals surface area contributed by atoms with E-state index in [1.807, 2.05) is 0 Å². The Morgan fingerprint density at radius 1 is 0.900 bits per heavy atom. The lowest BCUT2D eigenvalue weighted by Crippen LogP contribution is -2.08. The molecule has 106 valence electrons. The monoisotopic (exact) mass is 283 g/mol. The Bertz CT molecular complexity index is 617. The first-order valence-corrected chi connectivity index (χ1v) is 6.05. The van der Waals surface area contributed by atoms with Crippen LogP contribution in [0, 0.1) is 30.2 Å². The Morgan fingerprint density at radius 3 is 2.05 bits per heavy atom. The molecule has 0 saturated heterocycles. The van der Waals surface area contributed by atoms with Crippen molar-refractivity contribution in [3.63, 3.8) is 0 Å². The first-order chi connectivity index (χ1) is 9.38. The standard InChI is InChI=1S/C15H13F4N/c1-8-3-4-10(5-12(8)16)9(2)20-11-6-13(17)15(19)14(18)7-11/h3-7,9,20H,1-2H3. The summed E-state index contributed by atoms with van der Waals surface area (Å²) in [5, 5.41) is 2.80. The van der Waals surface area contributed by atoms with Gasteiger partial charge in [0.15, 0.2) is 17.5 Å². The second kappa shape index (κ2) is 5.53. The first kappa shape index (κ1) is 14.4. The van der Waals surface area contributed by atoms with Gasteiger partial charge in [-0.2, -0.15) is 0 Å². The van der Waals surface area contributed by atoms with Crippen molar-refractivity contribution in [2.24, 2.45) is 0 Å². The van der Waals surface area contributed by atoms with E-state index in [1.165, 1.54) is 6.07 Å². The van der Waals surface area contributed by atoms with Gasteiger partial charge in [-0.15, -0.1) is 0 Å². The Kier molecular flexibility index (Phi) is 3.97. The lowest BCUT2D eigenvalue weighted by molar-refractivity contribution is 0.447. The molecular weight excluding hydrogens is 270 g/mol. The van der Waals surface area contributed by atoms with Crippen LogP contribution in [0.25, 0.3) is 0 Å². The smallest absolute Gasteiger partial charge is 0.194 e. The molecule has 1 nitrogen and oxygen atoms in total. The van der Waals surface area contributed by atoms with E-state index in [4.69, 9.17) is 0 Å². The van der Waals surface area contributed by atoms with Gasteiger partial charge in [0.2, 0.25) is 0 Å². The zero-order chi connectivity index (χ0) is 14.9. The van der Waals surface area contributed by atoms with Crippen LogP contribution in [-0.2, 0) is 0 Å². The van der Waals surface area contributed by atoms with Crippen molar-refractivity contribution >= 4 is 5.69 Å². The predicted octanol–water partition coefficient (Wildman–Crippen LogP) is 4.72. The fourth-order valence-electron chi connectivity index (χ4n) is 1.85. The van der Waals surface area contributed by atoms with Crippen LogP contribution >= 0.6 is 0 Å². The van der Waals surface area contributed by atoms with Crippen LogP contribution in [0.1, 0.15) is 24.1 Å². The van der Waals surface area contributed by atoms with Crippen LogP contribution in [-0.4, -0.2) is 0 Å². The van der Waals surface area contributed by atoms with Gasteiger partial charge in [-0.1, -0.05) is 12.1 Å². The van der Waals surface area contributed by atoms with Gasteiger partial charge in [-0.3, -0.25) is 0 Å². The summed E-state index contributed by atoms with van der Waals surface area (Å²) in [6, 6.07) is 6.03. The Balaban J connectivity index is 2.23. The zero-order valence-electron chi connectivity index (χ0n) is 11.0. The third-order valence-corrected chi connectivity index (χ3v) is 3.06. The summed E-state index contributed by atoms with van der Waals surface area (Å²) >= 11 is 0. The van der Waals surface area contributed by atoms with E-state index < -0.39 is 17.5 Å². The van der Waals surface area contributed by atoms with Crippen LogP contribution in [0.4, 0.5) is 23.2 Å². The Hall–Kier alpha value is -2.04. The van der Waals surface area contributed by atoms with Crippen molar-refractivity contribution in [3.8, 4) is 0 Å². The van der Waals surface area contributed by atoms with Gasteiger partial charge in [-0.25, -0.2) is 17.6 Å². The number of aryl methyl sites for hydroxylation is 1. The van der Waals surface area contributed by atoms with E-state index in [9.17, 15) is 17.6 Å². The van der Waals surface area contributed by atoms with Crippen molar-refractivity contribution in [2.75, 3.05) is 5.32 Å². The number of hydrogen-bond donors (Lipinski definition) is 1. The summed E-state index contributed by atoms with van der Waals surface area (Å²) < 4.78 is 52.5. The SMILES string of the molecule is Cc1ccc(C(C)Nc2cc(F)c(F)c(F)c2)cc1F. The third-order valence-electron chi connectivity index (χ3n) is 3.06. The lowest BCUT2D eigenvalue weighted by Gasteiger charge is -2.16. The molecule has 0 spiro atoms. The predicted molar refractivity (Wildman–Crippen MR) is 69.5 cm³/mol. The molecule has 0 aromatic heterocycles. The zero-order valence-corrected chi connectivity index (χ0v) is 11.0. The van der Waals surface area contributed by atoms with Crippen LogP contribution in [0.3, 0.4) is 0 Å². The minimum absolute atomic E-state index is 0.0925. The van der Waals surface area contributed by atoms with Gasteiger partial charge in [0.05, 0.1) is 0 Å². The maximum absolute atomic E-state index is 13.5. The number of halogens is 4. The number of rotatable bonds is 3. The summed E-state index contributed by atoms with van der Waals surface area (Å²) in [5.41, 5.74) is 1.23. The maximum Gasteiger partial charge on any atom is 0.194 e. The molecular formula is C15H13F4N. The van der Waals surface area contributed by atoms with E-state index in [-0.39, 0.29) is 17.5 Å². The normalized spacial score (nSPS) is 12.3. The molecule has 0 aliphatic carbocycles. The molecule has 0 fully saturated rings. The van der Waals surface area contributed by atoms with Crippen LogP contribution in [0.5, 0.6) is 0 Å². The molecule has 2 rings (SSSR count). The number of anilines is 1. The summed E-state index contributed by atoms with van der Waals surface area (Å²) in [4.78, 5) is 0. The molecule has 1 N–H and O–H groups in total. The van der Waals surface area contributed by atoms with Gasteiger partial charge in [-0.05, 0) is 31.0 Å². The summed E-state index contributed by atoms with van der Waals surface area (Å²) in [7, 11) is 0. The average Bonchev–Trinajstić information content (AvgIpc) is 2.39. The average molecular weight is 283 g/mol. The molecule has 0 heterocycles. The largest absolute Gasteiger partial charge is 0.378 e. The molecule has 0 saturated carbocycles. The molecule has 20 heavy (non-hydrogen) atoms. The van der Waals surface area contributed by atoms with E-state index in [0.29, 0.717) is 11.1 Å². The van der Waals surface area contributed by atoms with E-state index in [1.54, 1.807) is 26.0 Å². The van der Waals surface area contributed by atoms with Gasteiger partial charge in [0.1, 0.15) is 5.82 Å². The highest BCUT2D eigenvalue weighted by molar-refractivity contribution is 5.46. The van der Waals surface area contributed by atoms with Gasteiger partial charge < -0.3 is 5.32 Å². The molecule has 0 radical (unpaired) electrons. The van der Waals surface area contributed by atoms with Crippen LogP contribution in [0.15, 0.2) is 30.3 Å². The van der Waals surface area contributed by atoms with E-state index in [2.05, 4.69) is 5.32 Å². The first-order valence-electron chi connectivity index (χ1n) is 6.05. The topological polar surface area (TPSA) is 12.0 Å². The second-order valence-corrected chi connectivity index (χ2v) is 4.63. The number of nitrogens with one attached hydrogen (secondary N) is 1. The summed E-state index contributed by atoms with van der Waals surface area (Å²) in [6.45, 7) is 3.35. The highest BCUT2D eigenvalue weighted by Gasteiger charge is 2.13. The fourth-order valence-corrected chi connectivity index (χ4v) is 1.85.